The summed E-state index contributed by atoms with van der Waals surface area (Å²) in [7, 11) is -3.86. The van der Waals surface area contributed by atoms with Crippen LogP contribution in [0, 0.1) is 11.7 Å². The van der Waals surface area contributed by atoms with Gasteiger partial charge in [-0.2, -0.15) is 4.31 Å². The lowest BCUT2D eigenvalue weighted by Crippen LogP contribution is -2.48. The van der Waals surface area contributed by atoms with E-state index in [4.69, 9.17) is 0 Å². The maximum atomic E-state index is 14.0. The molecule has 3 heterocycles. The number of piperidine rings is 1. The summed E-state index contributed by atoms with van der Waals surface area (Å²) in [5.74, 6) is -0.691. The van der Waals surface area contributed by atoms with E-state index in [0.717, 1.165) is 45.1 Å². The zero-order valence-electron chi connectivity index (χ0n) is 16.8. The summed E-state index contributed by atoms with van der Waals surface area (Å²) in [5, 5.41) is 0. The lowest BCUT2D eigenvalue weighted by Gasteiger charge is -2.35. The fourth-order valence-corrected chi connectivity index (χ4v) is 6.48. The molecule has 0 aliphatic carbocycles. The van der Waals surface area contributed by atoms with Gasteiger partial charge in [0.1, 0.15) is 10.7 Å². The Labute approximate surface area is 172 Å². The van der Waals surface area contributed by atoms with Crippen molar-refractivity contribution >= 4 is 15.9 Å². The van der Waals surface area contributed by atoms with Crippen molar-refractivity contribution < 1.29 is 17.6 Å². The smallest absolute Gasteiger partial charge is 0.245 e. The normalized spacial score (nSPS) is 25.0. The Morgan fingerprint density at radius 1 is 0.966 bits per heavy atom. The highest BCUT2D eigenvalue weighted by atomic mass is 32.2. The summed E-state index contributed by atoms with van der Waals surface area (Å²) >= 11 is 0. The molecule has 1 aromatic carbocycles. The SMILES string of the molecule is O=C(C1CCN(S(=O)(=O)c2ccccc2F)CC1)N1CCCC1CN1CCCC1. The Morgan fingerprint density at radius 2 is 1.66 bits per heavy atom. The monoisotopic (exact) mass is 423 g/mol. The largest absolute Gasteiger partial charge is 0.338 e. The molecule has 0 saturated carbocycles. The molecule has 3 fully saturated rings. The van der Waals surface area contributed by atoms with Gasteiger partial charge in [0.2, 0.25) is 15.9 Å². The molecule has 1 amide bonds. The molecule has 0 aromatic heterocycles. The van der Waals surface area contributed by atoms with Crippen LogP contribution in [0.15, 0.2) is 29.2 Å². The predicted molar refractivity (Wildman–Crippen MR) is 108 cm³/mol. The minimum atomic E-state index is -3.86. The number of benzene rings is 1. The number of carbonyl (C=O) groups is 1. The number of hydrogen-bond acceptors (Lipinski definition) is 4. The number of amides is 1. The van der Waals surface area contributed by atoms with Crippen LogP contribution in [0.4, 0.5) is 4.39 Å². The molecular formula is C21H30FN3O3S. The number of likely N-dealkylation sites (tertiary alicyclic amines) is 2. The average Bonchev–Trinajstić information content (AvgIpc) is 3.40. The molecule has 1 atom stereocenters. The Balaban J connectivity index is 1.36. The van der Waals surface area contributed by atoms with Gasteiger partial charge < -0.3 is 9.80 Å². The molecule has 1 aromatic rings. The molecule has 0 bridgehead atoms. The van der Waals surface area contributed by atoms with E-state index in [1.807, 2.05) is 4.90 Å². The van der Waals surface area contributed by atoms with E-state index in [-0.39, 0.29) is 29.8 Å². The molecule has 3 saturated heterocycles. The lowest BCUT2D eigenvalue weighted by atomic mass is 9.96. The van der Waals surface area contributed by atoms with Crippen LogP contribution in [0.2, 0.25) is 0 Å². The predicted octanol–water partition coefficient (Wildman–Crippen LogP) is 2.31. The van der Waals surface area contributed by atoms with Crippen molar-refractivity contribution in [2.75, 3.05) is 39.3 Å². The van der Waals surface area contributed by atoms with Gasteiger partial charge in [-0.05, 0) is 63.7 Å². The quantitative estimate of drug-likeness (QED) is 0.729. The van der Waals surface area contributed by atoms with Crippen molar-refractivity contribution in [3.05, 3.63) is 30.1 Å². The highest BCUT2D eigenvalue weighted by Gasteiger charge is 2.38. The molecule has 0 radical (unpaired) electrons. The van der Waals surface area contributed by atoms with Crippen LogP contribution >= 0.6 is 0 Å². The molecule has 0 spiro atoms. The lowest BCUT2D eigenvalue weighted by molar-refractivity contribution is -0.137. The number of hydrogen-bond donors (Lipinski definition) is 0. The van der Waals surface area contributed by atoms with Gasteiger partial charge in [0.25, 0.3) is 0 Å². The van der Waals surface area contributed by atoms with Gasteiger partial charge in [-0.25, -0.2) is 12.8 Å². The highest BCUT2D eigenvalue weighted by molar-refractivity contribution is 7.89. The van der Waals surface area contributed by atoms with Gasteiger partial charge in [-0.1, -0.05) is 12.1 Å². The van der Waals surface area contributed by atoms with Crippen molar-refractivity contribution in [1.82, 2.24) is 14.1 Å². The second kappa shape index (κ2) is 8.70. The van der Waals surface area contributed by atoms with Gasteiger partial charge >= 0.3 is 0 Å². The first-order chi connectivity index (χ1) is 14.0. The third kappa shape index (κ3) is 4.34. The van der Waals surface area contributed by atoms with Gasteiger partial charge in [-0.3, -0.25) is 4.79 Å². The number of rotatable bonds is 5. The summed E-state index contributed by atoms with van der Waals surface area (Å²) < 4.78 is 40.9. The summed E-state index contributed by atoms with van der Waals surface area (Å²) in [6.07, 6.45) is 5.59. The van der Waals surface area contributed by atoms with E-state index in [0.29, 0.717) is 18.9 Å². The molecule has 1 unspecified atom stereocenters. The van der Waals surface area contributed by atoms with Crippen LogP contribution in [0.1, 0.15) is 38.5 Å². The Morgan fingerprint density at radius 3 is 2.34 bits per heavy atom. The average molecular weight is 424 g/mol. The van der Waals surface area contributed by atoms with Crippen LogP contribution in [0.5, 0.6) is 0 Å². The third-order valence-electron chi connectivity index (χ3n) is 6.59. The highest BCUT2D eigenvalue weighted by Crippen LogP contribution is 2.29. The maximum Gasteiger partial charge on any atom is 0.245 e. The summed E-state index contributed by atoms with van der Waals surface area (Å²) in [4.78, 5) is 17.4. The molecule has 160 valence electrons. The van der Waals surface area contributed by atoms with Crippen LogP contribution < -0.4 is 0 Å². The van der Waals surface area contributed by atoms with Crippen molar-refractivity contribution in [2.45, 2.75) is 49.5 Å². The molecule has 6 nitrogen and oxygen atoms in total. The summed E-state index contributed by atoms with van der Waals surface area (Å²) in [6, 6.07) is 5.76. The van der Waals surface area contributed by atoms with Gasteiger partial charge in [0, 0.05) is 38.1 Å². The van der Waals surface area contributed by atoms with E-state index in [9.17, 15) is 17.6 Å². The molecule has 4 rings (SSSR count). The van der Waals surface area contributed by atoms with E-state index < -0.39 is 15.8 Å². The van der Waals surface area contributed by atoms with Crippen LogP contribution in [0.3, 0.4) is 0 Å². The summed E-state index contributed by atoms with van der Waals surface area (Å²) in [6.45, 7) is 4.56. The van der Waals surface area contributed by atoms with Crippen LogP contribution in [-0.2, 0) is 14.8 Å². The zero-order valence-corrected chi connectivity index (χ0v) is 17.6. The van der Waals surface area contributed by atoms with Gasteiger partial charge in [0.15, 0.2) is 0 Å². The topological polar surface area (TPSA) is 60.9 Å². The minimum Gasteiger partial charge on any atom is -0.338 e. The number of halogens is 1. The van der Waals surface area contributed by atoms with E-state index in [1.54, 1.807) is 0 Å². The first-order valence-electron chi connectivity index (χ1n) is 10.7. The second-order valence-corrected chi connectivity index (χ2v) is 10.4. The standard InChI is InChI=1S/C21H30FN3O3S/c22-19-7-1-2-8-20(19)29(27,28)24-14-9-17(10-15-24)21(26)25-13-5-6-18(25)16-23-11-3-4-12-23/h1-2,7-8,17-18H,3-6,9-16H2. The molecule has 8 heteroatoms. The van der Waals surface area contributed by atoms with Crippen molar-refractivity contribution in [3.63, 3.8) is 0 Å². The summed E-state index contributed by atoms with van der Waals surface area (Å²) in [5.41, 5.74) is 0. The molecule has 3 aliphatic rings. The third-order valence-corrected chi connectivity index (χ3v) is 8.52. The number of nitrogens with zero attached hydrogens (tertiary/aromatic N) is 3. The first kappa shape index (κ1) is 20.8. The maximum absolute atomic E-state index is 14.0. The minimum absolute atomic E-state index is 0.138. The van der Waals surface area contributed by atoms with E-state index in [1.165, 1.54) is 35.3 Å². The Kier molecular flexibility index (Phi) is 6.22. The fourth-order valence-electron chi connectivity index (χ4n) is 4.95. The van der Waals surface area contributed by atoms with E-state index in [2.05, 4.69) is 4.90 Å². The molecular weight excluding hydrogens is 393 g/mol. The molecule has 29 heavy (non-hydrogen) atoms. The molecule has 3 aliphatic heterocycles. The molecule has 0 N–H and O–H groups in total. The van der Waals surface area contributed by atoms with Gasteiger partial charge in [0.05, 0.1) is 0 Å². The Hall–Kier alpha value is -1.51. The first-order valence-corrected chi connectivity index (χ1v) is 12.2. The number of carbonyl (C=O) groups excluding carboxylic acids is 1. The van der Waals surface area contributed by atoms with Crippen molar-refractivity contribution in [2.24, 2.45) is 5.92 Å². The Bertz CT molecular complexity index is 833. The van der Waals surface area contributed by atoms with E-state index >= 15 is 0 Å². The zero-order chi connectivity index (χ0) is 20.4. The van der Waals surface area contributed by atoms with Crippen molar-refractivity contribution in [3.8, 4) is 0 Å². The fraction of sp³-hybridized carbons (Fsp3) is 0.667. The van der Waals surface area contributed by atoms with Crippen LogP contribution in [-0.4, -0.2) is 73.7 Å². The van der Waals surface area contributed by atoms with Crippen molar-refractivity contribution in [1.29, 1.82) is 0 Å². The van der Waals surface area contributed by atoms with Crippen LogP contribution in [0.25, 0.3) is 0 Å². The van der Waals surface area contributed by atoms with Gasteiger partial charge in [-0.15, -0.1) is 0 Å². The second-order valence-electron chi connectivity index (χ2n) is 8.44. The number of sulfonamides is 1.